The maximum Gasteiger partial charge on any atom is 0.249 e. The molecule has 0 spiro atoms. The highest BCUT2D eigenvalue weighted by molar-refractivity contribution is 5.57. The van der Waals surface area contributed by atoms with E-state index in [1.54, 1.807) is 24.3 Å². The molecule has 6 heteroatoms. The van der Waals surface area contributed by atoms with Crippen molar-refractivity contribution in [2.24, 2.45) is 0 Å². The molecule has 0 aliphatic rings. The van der Waals surface area contributed by atoms with Crippen LogP contribution in [0.3, 0.4) is 0 Å². The lowest BCUT2D eigenvalue weighted by Gasteiger charge is -2.12. The van der Waals surface area contributed by atoms with Crippen molar-refractivity contribution in [3.63, 3.8) is 0 Å². The predicted molar refractivity (Wildman–Crippen MR) is 73.4 cm³/mol. The van der Waals surface area contributed by atoms with Crippen LogP contribution in [0.15, 0.2) is 30.6 Å². The molecule has 102 valence electrons. The van der Waals surface area contributed by atoms with E-state index in [1.807, 2.05) is 19.9 Å². The SMILES string of the molecule is CC(C)Oc1ncnc(Oc2ccc(C#N)cc2)c1N. The van der Waals surface area contributed by atoms with Crippen LogP contribution in [-0.4, -0.2) is 16.1 Å². The Morgan fingerprint density at radius 2 is 1.80 bits per heavy atom. The molecule has 0 aliphatic carbocycles. The smallest absolute Gasteiger partial charge is 0.249 e. The van der Waals surface area contributed by atoms with Gasteiger partial charge in [-0.3, -0.25) is 0 Å². The summed E-state index contributed by atoms with van der Waals surface area (Å²) in [7, 11) is 0. The first-order valence-electron chi connectivity index (χ1n) is 6.05. The standard InChI is InChI=1S/C14H14N4O2/c1-9(2)19-13-12(16)14(18-8-17-13)20-11-5-3-10(7-15)4-6-11/h3-6,8-9H,16H2,1-2H3. The molecule has 0 bridgehead atoms. The van der Waals surface area contributed by atoms with Gasteiger partial charge in [-0.15, -0.1) is 0 Å². The third-order valence-electron chi connectivity index (χ3n) is 2.36. The molecule has 1 aromatic heterocycles. The Hall–Kier alpha value is -2.81. The topological polar surface area (TPSA) is 94.0 Å². The Morgan fingerprint density at radius 1 is 1.15 bits per heavy atom. The van der Waals surface area contributed by atoms with Crippen molar-refractivity contribution in [3.8, 4) is 23.6 Å². The maximum atomic E-state index is 8.73. The number of hydrogen-bond donors (Lipinski definition) is 1. The number of anilines is 1. The van der Waals surface area contributed by atoms with Gasteiger partial charge in [-0.25, -0.2) is 0 Å². The highest BCUT2D eigenvalue weighted by atomic mass is 16.5. The summed E-state index contributed by atoms with van der Waals surface area (Å²) in [5.74, 6) is 1.05. The Labute approximate surface area is 116 Å². The molecule has 2 rings (SSSR count). The number of aromatic nitrogens is 2. The summed E-state index contributed by atoms with van der Waals surface area (Å²) in [6.07, 6.45) is 1.28. The Bertz CT molecular complexity index is 633. The van der Waals surface area contributed by atoms with E-state index in [0.29, 0.717) is 17.2 Å². The van der Waals surface area contributed by atoms with Crippen molar-refractivity contribution in [2.75, 3.05) is 5.73 Å². The monoisotopic (exact) mass is 270 g/mol. The van der Waals surface area contributed by atoms with E-state index < -0.39 is 0 Å². The number of nitrogens with two attached hydrogens (primary N) is 1. The van der Waals surface area contributed by atoms with Crippen molar-refractivity contribution in [3.05, 3.63) is 36.2 Å². The van der Waals surface area contributed by atoms with Crippen LogP contribution >= 0.6 is 0 Å². The van der Waals surface area contributed by atoms with Gasteiger partial charge in [0, 0.05) is 0 Å². The van der Waals surface area contributed by atoms with Crippen molar-refractivity contribution in [2.45, 2.75) is 20.0 Å². The Kier molecular flexibility index (Phi) is 4.01. The van der Waals surface area contributed by atoms with Crippen LogP contribution < -0.4 is 15.2 Å². The molecule has 1 aromatic carbocycles. The van der Waals surface area contributed by atoms with E-state index in [1.165, 1.54) is 6.33 Å². The molecule has 2 N–H and O–H groups in total. The summed E-state index contributed by atoms with van der Waals surface area (Å²) >= 11 is 0. The van der Waals surface area contributed by atoms with Crippen LogP contribution in [0.1, 0.15) is 19.4 Å². The number of benzene rings is 1. The Balaban J connectivity index is 2.22. The minimum atomic E-state index is -0.0463. The lowest BCUT2D eigenvalue weighted by molar-refractivity contribution is 0.233. The van der Waals surface area contributed by atoms with Crippen LogP contribution in [0.2, 0.25) is 0 Å². The van der Waals surface area contributed by atoms with E-state index in [-0.39, 0.29) is 17.7 Å². The molecule has 0 saturated heterocycles. The van der Waals surface area contributed by atoms with Crippen molar-refractivity contribution in [1.82, 2.24) is 9.97 Å². The predicted octanol–water partition coefficient (Wildman–Crippen LogP) is 2.51. The van der Waals surface area contributed by atoms with Gasteiger partial charge in [0.15, 0.2) is 5.69 Å². The second-order valence-corrected chi connectivity index (χ2v) is 4.30. The Morgan fingerprint density at radius 3 is 2.40 bits per heavy atom. The van der Waals surface area contributed by atoms with Gasteiger partial charge < -0.3 is 15.2 Å². The van der Waals surface area contributed by atoms with E-state index in [2.05, 4.69) is 9.97 Å². The van der Waals surface area contributed by atoms with Gasteiger partial charge in [-0.2, -0.15) is 15.2 Å². The lowest BCUT2D eigenvalue weighted by atomic mass is 10.2. The van der Waals surface area contributed by atoms with Gasteiger partial charge >= 0.3 is 0 Å². The lowest BCUT2D eigenvalue weighted by Crippen LogP contribution is -2.10. The summed E-state index contributed by atoms with van der Waals surface area (Å²) < 4.78 is 11.0. The quantitative estimate of drug-likeness (QED) is 0.917. The minimum Gasteiger partial charge on any atom is -0.473 e. The van der Waals surface area contributed by atoms with Gasteiger partial charge in [0.05, 0.1) is 17.7 Å². The van der Waals surface area contributed by atoms with Crippen molar-refractivity contribution >= 4 is 5.69 Å². The molecule has 20 heavy (non-hydrogen) atoms. The largest absolute Gasteiger partial charge is 0.473 e. The van der Waals surface area contributed by atoms with Crippen LogP contribution in [0.5, 0.6) is 17.5 Å². The van der Waals surface area contributed by atoms with Gasteiger partial charge in [-0.05, 0) is 38.1 Å². The number of ether oxygens (including phenoxy) is 2. The number of hydrogen-bond acceptors (Lipinski definition) is 6. The van der Waals surface area contributed by atoms with Gasteiger partial charge in [0.25, 0.3) is 0 Å². The molecule has 0 unspecified atom stereocenters. The van der Waals surface area contributed by atoms with Crippen LogP contribution in [-0.2, 0) is 0 Å². The fourth-order valence-corrected chi connectivity index (χ4v) is 1.47. The van der Waals surface area contributed by atoms with Crippen molar-refractivity contribution in [1.29, 1.82) is 5.26 Å². The highest BCUT2D eigenvalue weighted by Crippen LogP contribution is 2.31. The van der Waals surface area contributed by atoms with E-state index >= 15 is 0 Å². The third kappa shape index (κ3) is 3.14. The second kappa shape index (κ2) is 5.89. The molecule has 0 fully saturated rings. The zero-order chi connectivity index (χ0) is 14.5. The second-order valence-electron chi connectivity index (χ2n) is 4.30. The molecule has 0 amide bonds. The van der Waals surface area contributed by atoms with E-state index in [9.17, 15) is 0 Å². The van der Waals surface area contributed by atoms with Crippen LogP contribution in [0.25, 0.3) is 0 Å². The summed E-state index contributed by atoms with van der Waals surface area (Å²) in [4.78, 5) is 7.95. The number of nitrogen functional groups attached to an aromatic ring is 1. The zero-order valence-electron chi connectivity index (χ0n) is 11.2. The van der Waals surface area contributed by atoms with E-state index in [4.69, 9.17) is 20.5 Å². The molecule has 6 nitrogen and oxygen atoms in total. The summed E-state index contributed by atoms with van der Waals surface area (Å²) in [5.41, 5.74) is 6.70. The van der Waals surface area contributed by atoms with Crippen molar-refractivity contribution < 1.29 is 9.47 Å². The first-order chi connectivity index (χ1) is 9.60. The third-order valence-corrected chi connectivity index (χ3v) is 2.36. The highest BCUT2D eigenvalue weighted by Gasteiger charge is 2.12. The first kappa shape index (κ1) is 13.6. The normalized spacial score (nSPS) is 10.1. The summed E-state index contributed by atoms with van der Waals surface area (Å²) in [6, 6.07) is 8.68. The van der Waals surface area contributed by atoms with Crippen LogP contribution in [0.4, 0.5) is 5.69 Å². The summed E-state index contributed by atoms with van der Waals surface area (Å²) in [6.45, 7) is 3.76. The van der Waals surface area contributed by atoms with Gasteiger partial charge in [0.1, 0.15) is 12.1 Å². The zero-order valence-corrected chi connectivity index (χ0v) is 11.2. The van der Waals surface area contributed by atoms with E-state index in [0.717, 1.165) is 0 Å². The minimum absolute atomic E-state index is 0.0463. The molecule has 0 saturated carbocycles. The average molecular weight is 270 g/mol. The summed E-state index contributed by atoms with van der Waals surface area (Å²) in [5, 5.41) is 8.73. The maximum absolute atomic E-state index is 8.73. The fourth-order valence-electron chi connectivity index (χ4n) is 1.47. The molecular weight excluding hydrogens is 256 g/mol. The number of nitriles is 1. The first-order valence-corrected chi connectivity index (χ1v) is 6.05. The van der Waals surface area contributed by atoms with Gasteiger partial charge in [-0.1, -0.05) is 0 Å². The van der Waals surface area contributed by atoms with Crippen LogP contribution in [0, 0.1) is 11.3 Å². The average Bonchev–Trinajstić information content (AvgIpc) is 2.43. The molecule has 0 radical (unpaired) electrons. The molecule has 1 heterocycles. The number of rotatable bonds is 4. The van der Waals surface area contributed by atoms with Gasteiger partial charge in [0.2, 0.25) is 11.8 Å². The fraction of sp³-hybridized carbons (Fsp3) is 0.214. The molecular formula is C14H14N4O2. The molecule has 0 atom stereocenters. The molecule has 2 aromatic rings. The molecule has 0 aliphatic heterocycles. The number of nitrogens with zero attached hydrogens (tertiary/aromatic N) is 3.